The van der Waals surface area contributed by atoms with Crippen LogP contribution in [0, 0.1) is 19.8 Å². The van der Waals surface area contributed by atoms with E-state index in [4.69, 9.17) is 9.26 Å². The summed E-state index contributed by atoms with van der Waals surface area (Å²) in [4.78, 5) is 14.7. The maximum Gasteiger partial charge on any atom is 0.259 e. The molecule has 0 aromatic carbocycles. The van der Waals surface area contributed by atoms with E-state index in [-0.39, 0.29) is 11.5 Å². The van der Waals surface area contributed by atoms with Crippen molar-refractivity contribution < 1.29 is 14.1 Å². The zero-order chi connectivity index (χ0) is 15.0. The molecule has 1 spiro atoms. The minimum Gasteiger partial charge on any atom is -0.373 e. The van der Waals surface area contributed by atoms with Crippen molar-refractivity contribution in [1.82, 2.24) is 10.1 Å². The monoisotopic (exact) mass is 292 g/mol. The number of hydrogen-bond acceptors (Lipinski definition) is 4. The van der Waals surface area contributed by atoms with Crippen molar-refractivity contribution in [2.24, 2.45) is 5.92 Å². The van der Waals surface area contributed by atoms with E-state index in [0.29, 0.717) is 29.5 Å². The number of nitrogens with zero attached hydrogens (tertiary/aromatic N) is 2. The van der Waals surface area contributed by atoms with Crippen molar-refractivity contribution in [1.29, 1.82) is 0 Å². The molecule has 0 unspecified atom stereocenters. The first-order valence-electron chi connectivity index (χ1n) is 7.91. The second kappa shape index (κ2) is 5.44. The topological polar surface area (TPSA) is 55.6 Å². The van der Waals surface area contributed by atoms with Crippen LogP contribution in [-0.2, 0) is 4.74 Å². The van der Waals surface area contributed by atoms with Crippen LogP contribution in [0.2, 0.25) is 0 Å². The molecule has 0 bridgehead atoms. The average Bonchev–Trinajstić information content (AvgIpc) is 3.02. The number of rotatable bonds is 2. The molecule has 3 heterocycles. The van der Waals surface area contributed by atoms with E-state index in [9.17, 15) is 4.79 Å². The fourth-order valence-electron chi connectivity index (χ4n) is 3.70. The Bertz CT molecular complexity index is 520. The number of aromatic nitrogens is 1. The van der Waals surface area contributed by atoms with Gasteiger partial charge in [-0.3, -0.25) is 4.79 Å². The van der Waals surface area contributed by atoms with E-state index >= 15 is 0 Å². The summed E-state index contributed by atoms with van der Waals surface area (Å²) in [5.74, 6) is 1.28. The van der Waals surface area contributed by atoms with Gasteiger partial charge in [-0.1, -0.05) is 18.5 Å². The molecule has 0 saturated carbocycles. The van der Waals surface area contributed by atoms with Crippen molar-refractivity contribution in [2.45, 2.75) is 52.1 Å². The van der Waals surface area contributed by atoms with Crippen LogP contribution in [0.1, 0.15) is 54.4 Å². The Balaban J connectivity index is 1.76. The van der Waals surface area contributed by atoms with Gasteiger partial charge in [0.05, 0.1) is 17.9 Å². The van der Waals surface area contributed by atoms with Crippen LogP contribution in [0.15, 0.2) is 4.52 Å². The highest BCUT2D eigenvalue weighted by Gasteiger charge is 2.44. The molecule has 2 saturated heterocycles. The maximum absolute atomic E-state index is 12.8. The summed E-state index contributed by atoms with van der Waals surface area (Å²) in [5, 5.41) is 3.89. The van der Waals surface area contributed by atoms with Gasteiger partial charge >= 0.3 is 0 Å². The molecular weight excluding hydrogens is 268 g/mol. The summed E-state index contributed by atoms with van der Waals surface area (Å²) in [6.07, 6.45) is 4.30. The number of carbonyl (C=O) groups excluding carboxylic acids is 1. The Kier molecular flexibility index (Phi) is 3.78. The summed E-state index contributed by atoms with van der Waals surface area (Å²) in [5.41, 5.74) is 1.18. The van der Waals surface area contributed by atoms with Crippen molar-refractivity contribution in [2.75, 3.05) is 19.7 Å². The van der Waals surface area contributed by atoms with Crippen LogP contribution >= 0.6 is 0 Å². The Morgan fingerprint density at radius 2 is 2.29 bits per heavy atom. The van der Waals surface area contributed by atoms with E-state index in [2.05, 4.69) is 12.1 Å². The first kappa shape index (κ1) is 14.6. The van der Waals surface area contributed by atoms with E-state index < -0.39 is 0 Å². The SMILES string of the molecule is CC[C@H]1CO[C@@]2(CCCN(C(=O)c3c(C)noc3C)C2)C1. The van der Waals surface area contributed by atoms with Gasteiger partial charge in [-0.05, 0) is 39.0 Å². The highest BCUT2D eigenvalue weighted by molar-refractivity contribution is 5.96. The lowest BCUT2D eigenvalue weighted by atomic mass is 9.85. The first-order valence-corrected chi connectivity index (χ1v) is 7.91. The summed E-state index contributed by atoms with van der Waals surface area (Å²) in [6, 6.07) is 0. The largest absolute Gasteiger partial charge is 0.373 e. The lowest BCUT2D eigenvalue weighted by Gasteiger charge is -2.39. The molecule has 1 amide bonds. The van der Waals surface area contributed by atoms with Crippen LogP contribution < -0.4 is 0 Å². The minimum absolute atomic E-state index is 0.0360. The number of aryl methyl sites for hydroxylation is 2. The second-order valence-electron chi connectivity index (χ2n) is 6.50. The van der Waals surface area contributed by atoms with E-state index in [0.717, 1.165) is 38.8 Å². The van der Waals surface area contributed by atoms with Gasteiger partial charge in [0.15, 0.2) is 0 Å². The van der Waals surface area contributed by atoms with Gasteiger partial charge in [-0.15, -0.1) is 0 Å². The molecule has 21 heavy (non-hydrogen) atoms. The average molecular weight is 292 g/mol. The predicted molar refractivity (Wildman–Crippen MR) is 78.2 cm³/mol. The fraction of sp³-hybridized carbons (Fsp3) is 0.750. The molecule has 0 N–H and O–H groups in total. The normalized spacial score (nSPS) is 29.3. The van der Waals surface area contributed by atoms with Gasteiger partial charge < -0.3 is 14.2 Å². The Labute approximate surface area is 125 Å². The van der Waals surface area contributed by atoms with Gasteiger partial charge in [-0.25, -0.2) is 0 Å². The molecule has 5 nitrogen and oxygen atoms in total. The Hall–Kier alpha value is -1.36. The molecule has 3 rings (SSSR count). The number of carbonyl (C=O) groups is 1. The maximum atomic E-state index is 12.8. The predicted octanol–water partition coefficient (Wildman–Crippen LogP) is 2.71. The number of amides is 1. The van der Waals surface area contributed by atoms with Gasteiger partial charge in [0.2, 0.25) is 0 Å². The quantitative estimate of drug-likeness (QED) is 0.841. The zero-order valence-corrected chi connectivity index (χ0v) is 13.1. The third kappa shape index (κ3) is 2.59. The molecule has 0 radical (unpaired) electrons. The third-order valence-corrected chi connectivity index (χ3v) is 4.94. The van der Waals surface area contributed by atoms with E-state index in [1.54, 1.807) is 6.92 Å². The van der Waals surface area contributed by atoms with Crippen LogP contribution in [0.25, 0.3) is 0 Å². The number of likely N-dealkylation sites (tertiary alicyclic amines) is 1. The zero-order valence-electron chi connectivity index (χ0n) is 13.1. The summed E-state index contributed by atoms with van der Waals surface area (Å²) in [6.45, 7) is 8.17. The highest BCUT2D eigenvalue weighted by Crippen LogP contribution is 2.39. The fourth-order valence-corrected chi connectivity index (χ4v) is 3.70. The van der Waals surface area contributed by atoms with Gasteiger partial charge in [0, 0.05) is 13.1 Å². The van der Waals surface area contributed by atoms with Crippen molar-refractivity contribution >= 4 is 5.91 Å². The second-order valence-corrected chi connectivity index (χ2v) is 6.50. The third-order valence-electron chi connectivity index (χ3n) is 4.94. The lowest BCUT2D eigenvalue weighted by molar-refractivity contribution is -0.0450. The van der Waals surface area contributed by atoms with E-state index in [1.165, 1.54) is 0 Å². The lowest BCUT2D eigenvalue weighted by Crippen LogP contribution is -2.50. The number of piperidine rings is 1. The molecule has 2 atom stereocenters. The molecule has 116 valence electrons. The van der Waals surface area contributed by atoms with Crippen molar-refractivity contribution in [3.8, 4) is 0 Å². The van der Waals surface area contributed by atoms with Crippen LogP contribution in [0.5, 0.6) is 0 Å². The molecule has 2 aliphatic heterocycles. The summed E-state index contributed by atoms with van der Waals surface area (Å²) >= 11 is 0. The molecule has 0 aliphatic carbocycles. The first-order chi connectivity index (χ1) is 10.0. The Morgan fingerprint density at radius 3 is 2.90 bits per heavy atom. The number of hydrogen-bond donors (Lipinski definition) is 0. The molecule has 1 aromatic heterocycles. The van der Waals surface area contributed by atoms with Crippen LogP contribution in [0.4, 0.5) is 0 Å². The summed E-state index contributed by atoms with van der Waals surface area (Å²) in [7, 11) is 0. The smallest absolute Gasteiger partial charge is 0.259 e. The van der Waals surface area contributed by atoms with Crippen molar-refractivity contribution in [3.63, 3.8) is 0 Å². The number of ether oxygens (including phenoxy) is 1. The van der Waals surface area contributed by atoms with Crippen molar-refractivity contribution in [3.05, 3.63) is 17.0 Å². The van der Waals surface area contributed by atoms with E-state index in [1.807, 2.05) is 11.8 Å². The molecule has 2 fully saturated rings. The van der Waals surface area contributed by atoms with Gasteiger partial charge in [-0.2, -0.15) is 0 Å². The van der Waals surface area contributed by atoms with Gasteiger partial charge in [0.1, 0.15) is 11.3 Å². The van der Waals surface area contributed by atoms with Crippen LogP contribution in [-0.4, -0.2) is 41.3 Å². The molecule has 1 aromatic rings. The Morgan fingerprint density at radius 1 is 1.48 bits per heavy atom. The minimum atomic E-state index is -0.117. The molecular formula is C16H24N2O3. The van der Waals surface area contributed by atoms with Gasteiger partial charge in [0.25, 0.3) is 5.91 Å². The molecule has 5 heteroatoms. The standard InChI is InChI=1S/C16H24N2O3/c1-4-13-8-16(20-9-13)6-5-7-18(10-16)15(19)14-11(2)17-21-12(14)3/h13H,4-10H2,1-3H3/t13-,16+/m1/s1. The summed E-state index contributed by atoms with van der Waals surface area (Å²) < 4.78 is 11.2. The highest BCUT2D eigenvalue weighted by atomic mass is 16.5. The van der Waals surface area contributed by atoms with Crippen LogP contribution in [0.3, 0.4) is 0 Å². The molecule has 2 aliphatic rings.